The Balaban J connectivity index is 2.44. The molecule has 1 saturated heterocycles. The lowest BCUT2D eigenvalue weighted by Gasteiger charge is -2.17. The standard InChI is InChI=1S/C12H20N2O4/c1-2-9(15)3-4-10(11(13)16)14-12(17)8-5-6-18-7-8/h8,10H,2-7H2,1H3,(H2,13,16)(H,14,17)/t8-,10+/m1/s1. The van der Waals surface area contributed by atoms with Gasteiger partial charge in [-0.3, -0.25) is 14.4 Å². The number of carbonyl (C=O) groups excluding carboxylic acids is 3. The Morgan fingerprint density at radius 1 is 1.44 bits per heavy atom. The van der Waals surface area contributed by atoms with Gasteiger partial charge in [0.05, 0.1) is 12.5 Å². The van der Waals surface area contributed by atoms with E-state index >= 15 is 0 Å². The van der Waals surface area contributed by atoms with Gasteiger partial charge in [-0.2, -0.15) is 0 Å². The molecule has 1 aliphatic heterocycles. The highest BCUT2D eigenvalue weighted by molar-refractivity contribution is 5.88. The predicted octanol–water partition coefficient (Wildman–Crippen LogP) is -0.248. The van der Waals surface area contributed by atoms with Crippen LogP contribution in [0.5, 0.6) is 0 Å². The van der Waals surface area contributed by atoms with E-state index in [1.54, 1.807) is 6.92 Å². The van der Waals surface area contributed by atoms with Crippen LogP contribution in [0.1, 0.15) is 32.6 Å². The van der Waals surface area contributed by atoms with E-state index in [1.165, 1.54) is 0 Å². The van der Waals surface area contributed by atoms with Gasteiger partial charge in [-0.15, -0.1) is 0 Å². The van der Waals surface area contributed by atoms with Gasteiger partial charge < -0.3 is 15.8 Å². The first-order valence-corrected chi connectivity index (χ1v) is 6.23. The van der Waals surface area contributed by atoms with Gasteiger partial charge in [0, 0.05) is 19.4 Å². The van der Waals surface area contributed by atoms with Gasteiger partial charge in [0.2, 0.25) is 11.8 Å². The van der Waals surface area contributed by atoms with Crippen LogP contribution >= 0.6 is 0 Å². The molecule has 1 heterocycles. The highest BCUT2D eigenvalue weighted by atomic mass is 16.5. The molecule has 0 spiro atoms. The highest BCUT2D eigenvalue weighted by Gasteiger charge is 2.27. The second-order valence-corrected chi connectivity index (χ2v) is 4.45. The molecule has 2 amide bonds. The van der Waals surface area contributed by atoms with Crippen molar-refractivity contribution in [2.75, 3.05) is 13.2 Å². The van der Waals surface area contributed by atoms with Gasteiger partial charge in [0.25, 0.3) is 0 Å². The molecule has 6 heteroatoms. The molecule has 1 rings (SSSR count). The quantitative estimate of drug-likeness (QED) is 0.656. The Bertz CT molecular complexity index is 324. The topological polar surface area (TPSA) is 98.5 Å². The van der Waals surface area contributed by atoms with Crippen LogP contribution in [0.15, 0.2) is 0 Å². The number of carbonyl (C=O) groups is 3. The SMILES string of the molecule is CCC(=O)CC[C@H](NC(=O)[C@@H]1CCOC1)C(N)=O. The summed E-state index contributed by atoms with van der Waals surface area (Å²) in [5.41, 5.74) is 5.22. The molecule has 0 aliphatic carbocycles. The lowest BCUT2D eigenvalue weighted by Crippen LogP contribution is -2.47. The van der Waals surface area contributed by atoms with Crippen molar-refractivity contribution in [3.63, 3.8) is 0 Å². The molecule has 0 saturated carbocycles. The van der Waals surface area contributed by atoms with E-state index in [4.69, 9.17) is 10.5 Å². The number of primary amides is 1. The molecule has 18 heavy (non-hydrogen) atoms. The molecule has 102 valence electrons. The fourth-order valence-electron chi connectivity index (χ4n) is 1.80. The summed E-state index contributed by atoms with van der Waals surface area (Å²) in [6.45, 7) is 2.70. The van der Waals surface area contributed by atoms with Gasteiger partial charge in [0.15, 0.2) is 0 Å². The van der Waals surface area contributed by atoms with Crippen LogP contribution in [0.2, 0.25) is 0 Å². The molecule has 0 aromatic carbocycles. The maximum atomic E-state index is 11.8. The van der Waals surface area contributed by atoms with Crippen molar-refractivity contribution in [3.05, 3.63) is 0 Å². The first-order valence-electron chi connectivity index (χ1n) is 6.23. The fourth-order valence-corrected chi connectivity index (χ4v) is 1.80. The van der Waals surface area contributed by atoms with Crippen LogP contribution < -0.4 is 11.1 Å². The first-order chi connectivity index (χ1) is 8.54. The third kappa shape index (κ3) is 4.44. The van der Waals surface area contributed by atoms with Crippen molar-refractivity contribution in [2.24, 2.45) is 11.7 Å². The summed E-state index contributed by atoms with van der Waals surface area (Å²) in [5.74, 6) is -0.986. The van der Waals surface area contributed by atoms with Gasteiger partial charge in [0.1, 0.15) is 11.8 Å². The minimum atomic E-state index is -0.770. The average Bonchev–Trinajstić information content (AvgIpc) is 2.87. The molecule has 6 nitrogen and oxygen atoms in total. The Morgan fingerprint density at radius 3 is 2.67 bits per heavy atom. The van der Waals surface area contributed by atoms with E-state index in [0.717, 1.165) is 0 Å². The zero-order valence-corrected chi connectivity index (χ0v) is 10.6. The molecular formula is C12H20N2O4. The predicted molar refractivity (Wildman–Crippen MR) is 64.6 cm³/mol. The number of ether oxygens (including phenoxy) is 1. The largest absolute Gasteiger partial charge is 0.381 e. The maximum absolute atomic E-state index is 11.8. The number of hydrogen-bond acceptors (Lipinski definition) is 4. The van der Waals surface area contributed by atoms with Crippen LogP contribution in [-0.2, 0) is 19.1 Å². The Morgan fingerprint density at radius 2 is 2.17 bits per heavy atom. The summed E-state index contributed by atoms with van der Waals surface area (Å²) in [4.78, 5) is 34.2. The summed E-state index contributed by atoms with van der Waals surface area (Å²) < 4.78 is 5.10. The van der Waals surface area contributed by atoms with Crippen LogP contribution in [-0.4, -0.2) is 36.9 Å². The molecule has 0 aromatic heterocycles. The number of Topliss-reactive ketones (excluding diaryl/α,β-unsaturated/α-hetero) is 1. The monoisotopic (exact) mass is 256 g/mol. The molecule has 2 atom stereocenters. The molecule has 1 aliphatic rings. The lowest BCUT2D eigenvalue weighted by atomic mass is 10.0. The van der Waals surface area contributed by atoms with E-state index in [0.29, 0.717) is 26.1 Å². The van der Waals surface area contributed by atoms with Crippen LogP contribution in [0.25, 0.3) is 0 Å². The minimum absolute atomic E-state index is 0.0553. The molecule has 0 radical (unpaired) electrons. The Labute approximate surface area is 106 Å². The maximum Gasteiger partial charge on any atom is 0.240 e. The third-order valence-corrected chi connectivity index (χ3v) is 3.07. The molecular weight excluding hydrogens is 236 g/mol. The second-order valence-electron chi connectivity index (χ2n) is 4.45. The summed E-state index contributed by atoms with van der Waals surface area (Å²) in [5, 5.41) is 2.59. The zero-order chi connectivity index (χ0) is 13.5. The number of nitrogens with one attached hydrogen (secondary N) is 1. The zero-order valence-electron chi connectivity index (χ0n) is 10.6. The van der Waals surface area contributed by atoms with E-state index in [9.17, 15) is 14.4 Å². The lowest BCUT2D eigenvalue weighted by molar-refractivity contribution is -0.130. The molecule has 0 bridgehead atoms. The van der Waals surface area contributed by atoms with Crippen molar-refractivity contribution < 1.29 is 19.1 Å². The Hall–Kier alpha value is -1.43. The third-order valence-electron chi connectivity index (χ3n) is 3.07. The normalized spacial score (nSPS) is 20.4. The van der Waals surface area contributed by atoms with E-state index < -0.39 is 11.9 Å². The summed E-state index contributed by atoms with van der Waals surface area (Å²) in [6, 6.07) is -0.770. The molecule has 1 fully saturated rings. The average molecular weight is 256 g/mol. The first kappa shape index (κ1) is 14.6. The van der Waals surface area contributed by atoms with E-state index in [2.05, 4.69) is 5.32 Å². The minimum Gasteiger partial charge on any atom is -0.381 e. The fraction of sp³-hybridized carbons (Fsp3) is 0.750. The van der Waals surface area contributed by atoms with Gasteiger partial charge in [-0.25, -0.2) is 0 Å². The number of rotatable bonds is 7. The van der Waals surface area contributed by atoms with Crippen LogP contribution in [0.3, 0.4) is 0 Å². The summed E-state index contributed by atoms with van der Waals surface area (Å²) >= 11 is 0. The van der Waals surface area contributed by atoms with Crippen molar-refractivity contribution >= 4 is 17.6 Å². The van der Waals surface area contributed by atoms with Gasteiger partial charge in [-0.1, -0.05) is 6.92 Å². The molecule has 0 aromatic rings. The number of hydrogen-bond donors (Lipinski definition) is 2. The van der Waals surface area contributed by atoms with E-state index in [1.807, 2.05) is 0 Å². The highest BCUT2D eigenvalue weighted by Crippen LogP contribution is 2.13. The number of nitrogens with two attached hydrogens (primary N) is 1. The Kier molecular flexibility index (Phi) is 5.77. The number of amides is 2. The second kappa shape index (κ2) is 7.10. The number of ketones is 1. The van der Waals surface area contributed by atoms with Crippen molar-refractivity contribution in [1.29, 1.82) is 0 Å². The molecule has 3 N–H and O–H groups in total. The van der Waals surface area contributed by atoms with E-state index in [-0.39, 0.29) is 30.4 Å². The summed E-state index contributed by atoms with van der Waals surface area (Å²) in [7, 11) is 0. The van der Waals surface area contributed by atoms with Crippen LogP contribution in [0, 0.1) is 5.92 Å². The van der Waals surface area contributed by atoms with Crippen LogP contribution in [0.4, 0.5) is 0 Å². The smallest absolute Gasteiger partial charge is 0.240 e. The summed E-state index contributed by atoms with van der Waals surface area (Å²) in [6.07, 6.45) is 1.61. The van der Waals surface area contributed by atoms with Gasteiger partial charge >= 0.3 is 0 Å². The van der Waals surface area contributed by atoms with Gasteiger partial charge in [-0.05, 0) is 12.8 Å². The van der Waals surface area contributed by atoms with Crippen molar-refractivity contribution in [2.45, 2.75) is 38.6 Å². The van der Waals surface area contributed by atoms with Crippen molar-refractivity contribution in [3.8, 4) is 0 Å². The molecule has 0 unspecified atom stereocenters. The van der Waals surface area contributed by atoms with Crippen molar-refractivity contribution in [1.82, 2.24) is 5.32 Å².